The van der Waals surface area contributed by atoms with Crippen LogP contribution in [0.3, 0.4) is 0 Å². The van der Waals surface area contributed by atoms with E-state index >= 15 is 0 Å². The monoisotopic (exact) mass is 716 g/mol. The fourth-order valence-electron chi connectivity index (χ4n) is 16.3. The first kappa shape index (κ1) is 31.8. The molecule has 5 nitrogen and oxygen atoms in total. The van der Waals surface area contributed by atoms with Gasteiger partial charge in [0.15, 0.2) is 12.7 Å². The predicted octanol–water partition coefficient (Wildman–Crippen LogP) is 9.82. The number of furan rings is 1. The van der Waals surface area contributed by atoms with Crippen molar-refractivity contribution < 1.29 is 4.42 Å². The second kappa shape index (κ2) is 11.8. The fraction of sp³-hybridized carbons (Fsp3) is 0.604. The molecule has 13 rings (SSSR count). The smallest absolute Gasteiger partial charge is 0.198 e. The Morgan fingerprint density at radius 1 is 0.593 bits per heavy atom. The van der Waals surface area contributed by atoms with Gasteiger partial charge in [0.1, 0.15) is 11.2 Å². The molecule has 13 atom stereocenters. The maximum absolute atomic E-state index is 6.71. The molecule has 1 aromatic heterocycles. The lowest BCUT2D eigenvalue weighted by Crippen LogP contribution is -2.80. The quantitative estimate of drug-likeness (QED) is 0.194. The molecule has 9 aliphatic rings. The average molecular weight is 717 g/mol. The van der Waals surface area contributed by atoms with Gasteiger partial charge >= 0.3 is 0 Å². The zero-order valence-electron chi connectivity index (χ0n) is 32.2. The Kier molecular flexibility index (Phi) is 6.94. The maximum atomic E-state index is 6.71. The van der Waals surface area contributed by atoms with Crippen LogP contribution in [-0.4, -0.2) is 64.8 Å². The van der Waals surface area contributed by atoms with Gasteiger partial charge in [0.25, 0.3) is 0 Å². The summed E-state index contributed by atoms with van der Waals surface area (Å²) in [6.07, 6.45) is 20.6. The summed E-state index contributed by atoms with van der Waals surface area (Å²) in [7, 11) is 0. The number of hydrogen-bond acceptors (Lipinski definition) is 5. The van der Waals surface area contributed by atoms with E-state index in [0.29, 0.717) is 66.6 Å². The van der Waals surface area contributed by atoms with E-state index in [1.54, 1.807) is 5.46 Å². The van der Waals surface area contributed by atoms with Crippen molar-refractivity contribution in [1.82, 2.24) is 9.80 Å². The van der Waals surface area contributed by atoms with Crippen LogP contribution >= 0.6 is 0 Å². The Hall–Kier alpha value is -3.41. The largest absolute Gasteiger partial charge is 0.456 e. The van der Waals surface area contributed by atoms with E-state index in [-0.39, 0.29) is 0 Å². The minimum atomic E-state index is 0.517. The van der Waals surface area contributed by atoms with Crippen LogP contribution in [0.25, 0.3) is 21.9 Å². The van der Waals surface area contributed by atoms with E-state index in [0.717, 1.165) is 28.9 Å². The van der Waals surface area contributed by atoms with Crippen LogP contribution < -0.4 is 10.4 Å². The van der Waals surface area contributed by atoms with E-state index in [9.17, 15) is 0 Å². The number of hydrogen-bond donors (Lipinski definition) is 0. The lowest BCUT2D eigenvalue weighted by Gasteiger charge is -2.73. The molecule has 0 N–H and O–H groups in total. The van der Waals surface area contributed by atoms with Crippen LogP contribution in [0.4, 0.5) is 5.69 Å². The number of guanidine groups is 1. The third kappa shape index (κ3) is 4.16. The SMILES string of the molecule is Cc1ccc2oc3ccccc3c2c1B1C2CCCCC2N2C3=NC4CCCCC4N3C3CCC4C5C(CC1C2C53)C1CCCCC1N4c1ccccc1. The molecule has 13 unspecified atom stereocenters. The van der Waals surface area contributed by atoms with Crippen LogP contribution in [0.2, 0.25) is 11.6 Å². The van der Waals surface area contributed by atoms with E-state index in [1.807, 2.05) is 0 Å². The third-order valence-electron chi connectivity index (χ3n) is 17.7. The summed E-state index contributed by atoms with van der Waals surface area (Å²) in [5.41, 5.74) is 6.87. The topological polar surface area (TPSA) is 35.2 Å². The summed E-state index contributed by atoms with van der Waals surface area (Å²) in [5, 5.41) is 2.79. The van der Waals surface area contributed by atoms with Gasteiger partial charge in [-0.15, -0.1) is 0 Å². The zero-order chi connectivity index (χ0) is 35.2. The number of aryl methyl sites for hydroxylation is 1. The molecule has 0 bridgehead atoms. The Labute approximate surface area is 322 Å². The van der Waals surface area contributed by atoms with Crippen molar-refractivity contribution in [3.63, 3.8) is 0 Å². The van der Waals surface area contributed by atoms with Gasteiger partial charge in [0, 0.05) is 52.6 Å². The van der Waals surface area contributed by atoms with Crippen LogP contribution in [0.1, 0.15) is 102 Å². The van der Waals surface area contributed by atoms with Crippen molar-refractivity contribution in [3.8, 4) is 0 Å². The molecule has 278 valence electrons. The van der Waals surface area contributed by atoms with Crippen molar-refractivity contribution in [2.45, 2.75) is 157 Å². The summed E-state index contributed by atoms with van der Waals surface area (Å²) in [5.74, 6) is 5.93. The first-order valence-corrected chi connectivity index (χ1v) is 22.6. The third-order valence-corrected chi connectivity index (χ3v) is 17.7. The van der Waals surface area contributed by atoms with Gasteiger partial charge in [-0.3, -0.25) is 0 Å². The standard InChI is InChI=1S/C48H57BN4O/c1-28-23-26-42-44(31-16-6-12-22-41(31)54-42)46(28)49-33-17-7-10-20-37(33)53-47-34(49)27-32-30-15-5-9-19-36(30)51(29-13-3-2-4-14-29)39-24-25-40(45(47)43(32)39)52-38-21-11-8-18-35(38)50-48(52)53/h2-4,6,12-14,16,22-23,26,30,32-40,43,45,47H,5,7-11,15,17-21,24-25,27H2,1H3. The molecule has 5 saturated carbocycles. The van der Waals surface area contributed by atoms with Crippen molar-refractivity contribution in [3.05, 3.63) is 72.3 Å². The number of benzene rings is 3. The van der Waals surface area contributed by atoms with Gasteiger partial charge in [0.2, 0.25) is 0 Å². The van der Waals surface area contributed by atoms with Crippen molar-refractivity contribution in [2.24, 2.45) is 28.7 Å². The van der Waals surface area contributed by atoms with Crippen LogP contribution in [-0.2, 0) is 0 Å². The van der Waals surface area contributed by atoms with Crippen LogP contribution in [0.15, 0.2) is 76.1 Å². The molecule has 8 fully saturated rings. The first-order valence-electron chi connectivity index (χ1n) is 22.6. The first-order chi connectivity index (χ1) is 26.7. The number of piperidine rings is 1. The molecule has 5 heterocycles. The summed E-state index contributed by atoms with van der Waals surface area (Å²) >= 11 is 0. The molecule has 4 aromatic rings. The van der Waals surface area contributed by atoms with Gasteiger partial charge in [-0.05, 0) is 106 Å². The van der Waals surface area contributed by atoms with Gasteiger partial charge in [0.05, 0.1) is 12.1 Å². The Bertz CT molecular complexity index is 2150. The lowest BCUT2D eigenvalue weighted by atomic mass is 9.22. The molecule has 54 heavy (non-hydrogen) atoms. The highest BCUT2D eigenvalue weighted by Gasteiger charge is 2.70. The molecule has 5 aliphatic carbocycles. The molecular weight excluding hydrogens is 659 g/mol. The van der Waals surface area contributed by atoms with Gasteiger partial charge in [-0.1, -0.05) is 105 Å². The number of para-hydroxylation sites is 2. The van der Waals surface area contributed by atoms with E-state index in [1.165, 1.54) is 124 Å². The number of nitrogens with zero attached hydrogens (tertiary/aromatic N) is 4. The highest BCUT2D eigenvalue weighted by molar-refractivity contribution is 6.79. The van der Waals surface area contributed by atoms with Gasteiger partial charge < -0.3 is 19.1 Å². The van der Waals surface area contributed by atoms with Gasteiger partial charge in [-0.25, -0.2) is 4.99 Å². The minimum absolute atomic E-state index is 0.517. The fourth-order valence-corrected chi connectivity index (χ4v) is 16.3. The number of anilines is 1. The number of rotatable bonds is 2. The zero-order valence-corrected chi connectivity index (χ0v) is 32.2. The highest BCUT2D eigenvalue weighted by Crippen LogP contribution is 2.66. The molecule has 6 heteroatoms. The normalized spacial score (nSPS) is 40.5. The Morgan fingerprint density at radius 3 is 2.22 bits per heavy atom. The summed E-state index contributed by atoms with van der Waals surface area (Å²) in [4.78, 5) is 15.2. The van der Waals surface area contributed by atoms with Crippen molar-refractivity contribution >= 4 is 45.8 Å². The number of fused-ring (bicyclic) bond motifs is 12. The molecule has 0 radical (unpaired) electrons. The second-order valence-electron chi connectivity index (χ2n) is 19.7. The molecule has 0 amide bonds. The van der Waals surface area contributed by atoms with Gasteiger partial charge in [-0.2, -0.15) is 0 Å². The molecular formula is C48H57BN4O. The molecule has 4 aliphatic heterocycles. The van der Waals surface area contributed by atoms with Crippen molar-refractivity contribution in [2.75, 3.05) is 4.90 Å². The summed E-state index contributed by atoms with van der Waals surface area (Å²) in [6.45, 7) is 3.03. The summed E-state index contributed by atoms with van der Waals surface area (Å²) in [6, 6.07) is 29.8. The molecule has 3 saturated heterocycles. The minimum Gasteiger partial charge on any atom is -0.456 e. The van der Waals surface area contributed by atoms with E-state index in [2.05, 4.69) is 88.4 Å². The van der Waals surface area contributed by atoms with E-state index in [4.69, 9.17) is 9.41 Å². The molecule has 0 spiro atoms. The Balaban J connectivity index is 1.04. The predicted molar refractivity (Wildman–Crippen MR) is 221 cm³/mol. The average Bonchev–Trinajstić information content (AvgIpc) is 3.80. The second-order valence-corrected chi connectivity index (χ2v) is 19.7. The maximum Gasteiger partial charge on any atom is 0.198 e. The van der Waals surface area contributed by atoms with Crippen molar-refractivity contribution in [1.29, 1.82) is 0 Å². The summed E-state index contributed by atoms with van der Waals surface area (Å²) < 4.78 is 6.71. The lowest BCUT2D eigenvalue weighted by molar-refractivity contribution is -0.112. The molecule has 3 aromatic carbocycles. The van der Waals surface area contributed by atoms with Crippen LogP contribution in [0.5, 0.6) is 0 Å². The number of aliphatic imine (C=N–C) groups is 1. The Morgan fingerprint density at radius 2 is 1.33 bits per heavy atom. The van der Waals surface area contributed by atoms with E-state index < -0.39 is 0 Å². The van der Waals surface area contributed by atoms with Crippen LogP contribution in [0, 0.1) is 30.6 Å². The highest BCUT2D eigenvalue weighted by atomic mass is 16.3.